The van der Waals surface area contributed by atoms with Crippen molar-refractivity contribution in [3.8, 4) is 0 Å². The monoisotopic (exact) mass is 373 g/mol. The highest BCUT2D eigenvalue weighted by molar-refractivity contribution is 6.04. The second-order valence-electron chi connectivity index (χ2n) is 7.27. The highest BCUT2D eigenvalue weighted by Gasteiger charge is 2.38. The molecule has 0 aliphatic carbocycles. The Hall–Kier alpha value is -3.34. The molecule has 0 saturated carbocycles. The zero-order valence-electron chi connectivity index (χ0n) is 16.5. The van der Waals surface area contributed by atoms with Gasteiger partial charge in [0.25, 0.3) is 5.91 Å². The number of carbonyl (C=O) groups is 1. The van der Waals surface area contributed by atoms with Crippen molar-refractivity contribution in [3.63, 3.8) is 0 Å². The highest BCUT2D eigenvalue weighted by Crippen LogP contribution is 2.29. The maximum Gasteiger partial charge on any atom is 0.276 e. The standard InChI is InChI=1S/C23H23N3O2/c1-15-10-11-25(23(27)19-8-6-5-7-9-19)26-20(14-15)28-24-22(26)21-17(3)12-16(2)13-18(21)4/h5-14,20H,1-4H3. The fraction of sp³-hybridized carbons (Fsp3) is 0.217. The number of hydrogen-bond donors (Lipinski definition) is 0. The topological polar surface area (TPSA) is 45.1 Å². The number of nitrogens with zero attached hydrogens (tertiary/aromatic N) is 3. The molecule has 0 spiro atoms. The quantitative estimate of drug-likeness (QED) is 0.781. The van der Waals surface area contributed by atoms with E-state index in [1.807, 2.05) is 54.4 Å². The smallest absolute Gasteiger partial charge is 0.276 e. The average Bonchev–Trinajstić information content (AvgIpc) is 2.96. The van der Waals surface area contributed by atoms with E-state index in [2.05, 4.69) is 38.1 Å². The van der Waals surface area contributed by atoms with Crippen LogP contribution in [0.3, 0.4) is 0 Å². The van der Waals surface area contributed by atoms with Gasteiger partial charge in [0.05, 0.1) is 0 Å². The Kier molecular flexibility index (Phi) is 4.51. The molecule has 0 saturated heterocycles. The molecule has 28 heavy (non-hydrogen) atoms. The summed E-state index contributed by atoms with van der Waals surface area (Å²) in [4.78, 5) is 19.0. The maximum atomic E-state index is 13.3. The summed E-state index contributed by atoms with van der Waals surface area (Å²) < 4.78 is 0. The molecule has 2 aliphatic heterocycles. The first-order valence-electron chi connectivity index (χ1n) is 9.32. The number of hydrogen-bond acceptors (Lipinski definition) is 4. The first kappa shape index (κ1) is 18.0. The minimum Gasteiger partial charge on any atom is -0.362 e. The molecule has 5 heteroatoms. The lowest BCUT2D eigenvalue weighted by Crippen LogP contribution is -2.49. The van der Waals surface area contributed by atoms with Crippen molar-refractivity contribution in [1.82, 2.24) is 10.0 Å². The fourth-order valence-electron chi connectivity index (χ4n) is 3.75. The first-order valence-corrected chi connectivity index (χ1v) is 9.32. The van der Waals surface area contributed by atoms with Gasteiger partial charge in [-0.1, -0.05) is 41.1 Å². The maximum absolute atomic E-state index is 13.3. The lowest BCUT2D eigenvalue weighted by Gasteiger charge is -2.32. The van der Waals surface area contributed by atoms with Gasteiger partial charge in [0.2, 0.25) is 6.23 Å². The third-order valence-corrected chi connectivity index (χ3v) is 4.95. The zero-order chi connectivity index (χ0) is 19.8. The van der Waals surface area contributed by atoms with Crippen LogP contribution in [0.1, 0.15) is 39.5 Å². The van der Waals surface area contributed by atoms with Crippen molar-refractivity contribution in [1.29, 1.82) is 0 Å². The van der Waals surface area contributed by atoms with Gasteiger partial charge < -0.3 is 4.84 Å². The van der Waals surface area contributed by atoms with E-state index < -0.39 is 6.23 Å². The second-order valence-corrected chi connectivity index (χ2v) is 7.27. The van der Waals surface area contributed by atoms with E-state index in [1.54, 1.807) is 11.2 Å². The molecule has 1 unspecified atom stereocenters. The Morgan fingerprint density at radius 2 is 1.71 bits per heavy atom. The molecule has 2 aliphatic rings. The third kappa shape index (κ3) is 3.09. The van der Waals surface area contributed by atoms with E-state index in [9.17, 15) is 4.79 Å². The van der Waals surface area contributed by atoms with Crippen LogP contribution < -0.4 is 0 Å². The van der Waals surface area contributed by atoms with Crippen LogP contribution in [0.4, 0.5) is 0 Å². The van der Waals surface area contributed by atoms with Gasteiger partial charge in [-0.05, 0) is 68.7 Å². The molecule has 0 aromatic heterocycles. The lowest BCUT2D eigenvalue weighted by atomic mass is 9.98. The Labute approximate surface area is 165 Å². The number of amides is 1. The summed E-state index contributed by atoms with van der Waals surface area (Å²) >= 11 is 0. The molecule has 0 radical (unpaired) electrons. The second kappa shape index (κ2) is 7.00. The largest absolute Gasteiger partial charge is 0.362 e. The van der Waals surface area contributed by atoms with Crippen molar-refractivity contribution in [2.24, 2.45) is 5.16 Å². The van der Waals surface area contributed by atoms with E-state index >= 15 is 0 Å². The summed E-state index contributed by atoms with van der Waals surface area (Å²) in [5, 5.41) is 7.80. The summed E-state index contributed by atoms with van der Waals surface area (Å²) in [6.07, 6.45) is 5.18. The predicted octanol–water partition coefficient (Wildman–Crippen LogP) is 4.46. The lowest BCUT2D eigenvalue weighted by molar-refractivity contribution is -0.0278. The van der Waals surface area contributed by atoms with Gasteiger partial charge in [-0.2, -0.15) is 0 Å². The molecule has 0 bridgehead atoms. The number of carbonyl (C=O) groups excluding carboxylic acids is 1. The Morgan fingerprint density at radius 1 is 1.04 bits per heavy atom. The number of allylic oxidation sites excluding steroid dienone is 2. The van der Waals surface area contributed by atoms with Gasteiger partial charge in [0.15, 0.2) is 5.84 Å². The van der Waals surface area contributed by atoms with Crippen LogP contribution in [-0.2, 0) is 4.84 Å². The summed E-state index contributed by atoms with van der Waals surface area (Å²) in [7, 11) is 0. The number of rotatable bonds is 2. The van der Waals surface area contributed by atoms with Gasteiger partial charge >= 0.3 is 0 Å². The number of aryl methyl sites for hydroxylation is 3. The predicted molar refractivity (Wildman–Crippen MR) is 109 cm³/mol. The Morgan fingerprint density at radius 3 is 2.39 bits per heavy atom. The van der Waals surface area contributed by atoms with Crippen LogP contribution in [0, 0.1) is 20.8 Å². The molecule has 4 rings (SSSR count). The summed E-state index contributed by atoms with van der Waals surface area (Å²) in [6.45, 7) is 8.17. The number of fused-ring (bicyclic) bond motifs is 1. The van der Waals surface area contributed by atoms with E-state index in [0.29, 0.717) is 11.4 Å². The van der Waals surface area contributed by atoms with Crippen molar-refractivity contribution in [2.45, 2.75) is 33.9 Å². The summed E-state index contributed by atoms with van der Waals surface area (Å²) in [6, 6.07) is 13.5. The van der Waals surface area contributed by atoms with Crippen molar-refractivity contribution in [2.75, 3.05) is 0 Å². The molecule has 0 fully saturated rings. The molecule has 1 atom stereocenters. The van der Waals surface area contributed by atoms with Crippen LogP contribution in [0.5, 0.6) is 0 Å². The Bertz CT molecular complexity index is 998. The number of oxime groups is 1. The van der Waals surface area contributed by atoms with Crippen LogP contribution in [-0.4, -0.2) is 28.0 Å². The zero-order valence-corrected chi connectivity index (χ0v) is 16.5. The molecule has 1 amide bonds. The van der Waals surface area contributed by atoms with Crippen molar-refractivity contribution < 1.29 is 9.63 Å². The molecule has 2 heterocycles. The SMILES string of the molecule is CC1=CC2ON=C(c3c(C)cc(C)cc3C)N2N(C(=O)c2ccccc2)C=C1. The molecular formula is C23H23N3O2. The molecule has 0 N–H and O–H groups in total. The van der Waals surface area contributed by atoms with Crippen LogP contribution in [0.15, 0.2) is 71.5 Å². The number of benzene rings is 2. The third-order valence-electron chi connectivity index (χ3n) is 4.95. The number of hydrazine groups is 1. The molecule has 142 valence electrons. The minimum atomic E-state index is -0.474. The highest BCUT2D eigenvalue weighted by atomic mass is 16.7. The van der Waals surface area contributed by atoms with Gasteiger partial charge in [0, 0.05) is 17.3 Å². The van der Waals surface area contributed by atoms with Gasteiger partial charge in [-0.15, -0.1) is 0 Å². The summed E-state index contributed by atoms with van der Waals surface area (Å²) in [5.74, 6) is 0.505. The van der Waals surface area contributed by atoms with E-state index in [1.165, 1.54) is 5.56 Å². The molecular weight excluding hydrogens is 350 g/mol. The van der Waals surface area contributed by atoms with Crippen LogP contribution in [0.25, 0.3) is 0 Å². The number of amidine groups is 1. The fourth-order valence-corrected chi connectivity index (χ4v) is 3.75. The van der Waals surface area contributed by atoms with Crippen molar-refractivity contribution >= 4 is 11.7 Å². The Balaban J connectivity index is 1.81. The average molecular weight is 373 g/mol. The van der Waals surface area contributed by atoms with Crippen molar-refractivity contribution in [3.05, 3.63) is 94.2 Å². The van der Waals surface area contributed by atoms with Gasteiger partial charge in [-0.3, -0.25) is 4.79 Å². The molecule has 2 aromatic rings. The normalized spacial score (nSPS) is 18.2. The summed E-state index contributed by atoms with van der Waals surface area (Å²) in [5.41, 5.74) is 5.99. The van der Waals surface area contributed by atoms with E-state index in [0.717, 1.165) is 22.3 Å². The molecule has 2 aromatic carbocycles. The van der Waals surface area contributed by atoms with Gasteiger partial charge in [-0.25, -0.2) is 10.0 Å². The van der Waals surface area contributed by atoms with Crippen LogP contribution in [0.2, 0.25) is 0 Å². The van der Waals surface area contributed by atoms with E-state index in [-0.39, 0.29) is 5.91 Å². The first-order chi connectivity index (χ1) is 13.5. The van der Waals surface area contributed by atoms with Gasteiger partial charge in [0.1, 0.15) is 0 Å². The minimum absolute atomic E-state index is 0.134. The van der Waals surface area contributed by atoms with Crippen LogP contribution >= 0.6 is 0 Å². The molecule has 5 nitrogen and oxygen atoms in total. The van der Waals surface area contributed by atoms with E-state index in [4.69, 9.17) is 4.84 Å².